The monoisotopic (exact) mass is 410 g/mol. The van der Waals surface area contributed by atoms with Gasteiger partial charge in [0, 0.05) is 19.2 Å². The second-order valence-corrected chi connectivity index (χ2v) is 6.56. The number of anilines is 3. The Morgan fingerprint density at radius 2 is 2.04 bits per heavy atom. The van der Waals surface area contributed by atoms with Crippen LogP contribution in [0.3, 0.4) is 0 Å². The zero-order valence-electron chi connectivity index (χ0n) is 14.1. The van der Waals surface area contributed by atoms with E-state index < -0.39 is 24.1 Å². The van der Waals surface area contributed by atoms with E-state index in [1.165, 1.54) is 17.9 Å². The summed E-state index contributed by atoms with van der Waals surface area (Å²) in [5.74, 6) is -1.17. The molecule has 27 heavy (non-hydrogen) atoms. The van der Waals surface area contributed by atoms with Crippen molar-refractivity contribution in [1.82, 2.24) is 19.7 Å². The average molecular weight is 411 g/mol. The zero-order chi connectivity index (χ0) is 19.8. The molecule has 2 heterocycles. The van der Waals surface area contributed by atoms with Crippen LogP contribution in [0.5, 0.6) is 0 Å². The summed E-state index contributed by atoms with van der Waals surface area (Å²) in [7, 11) is 1.31. The van der Waals surface area contributed by atoms with Crippen LogP contribution in [0, 0.1) is 5.92 Å². The van der Waals surface area contributed by atoms with Crippen molar-refractivity contribution in [2.45, 2.75) is 37.9 Å². The smallest absolute Gasteiger partial charge is 0.372 e. The molecule has 2 N–H and O–H groups in total. The Kier molecular flexibility index (Phi) is 5.41. The highest BCUT2D eigenvalue weighted by Crippen LogP contribution is 2.39. The molecule has 0 unspecified atom stereocenters. The SMILES string of the molecule is CNc1nc(Nc2cn([C@@H]3CC[C@H](C(F)F)C3)nc2Cl)ncc1C(F)(F)F. The van der Waals surface area contributed by atoms with Crippen LogP contribution >= 0.6 is 11.6 Å². The molecule has 1 aliphatic carbocycles. The fourth-order valence-corrected chi connectivity index (χ4v) is 3.25. The third kappa shape index (κ3) is 4.23. The van der Waals surface area contributed by atoms with Gasteiger partial charge in [-0.15, -0.1) is 0 Å². The van der Waals surface area contributed by atoms with Gasteiger partial charge in [0.2, 0.25) is 12.4 Å². The third-order valence-electron chi connectivity index (χ3n) is 4.44. The van der Waals surface area contributed by atoms with Crippen LogP contribution < -0.4 is 10.6 Å². The lowest BCUT2D eigenvalue weighted by atomic mass is 10.1. The summed E-state index contributed by atoms with van der Waals surface area (Å²) in [6, 6.07) is -0.210. The maximum atomic E-state index is 12.9. The standard InChI is InChI=1S/C15H16ClF5N6/c1-22-13-9(15(19,20)21)5-23-14(25-13)24-10-6-27(26-11(10)16)8-3-2-7(4-8)12(17)18/h5-8,12H,2-4H2,1H3,(H2,22,23,24,25)/t7-,8+/m0/s1. The van der Waals surface area contributed by atoms with Gasteiger partial charge < -0.3 is 10.6 Å². The van der Waals surface area contributed by atoms with Gasteiger partial charge in [-0.3, -0.25) is 4.68 Å². The molecule has 0 aliphatic heterocycles. The van der Waals surface area contributed by atoms with Crippen molar-refractivity contribution in [2.24, 2.45) is 5.92 Å². The minimum atomic E-state index is -4.59. The Bertz CT molecular complexity index is 808. The lowest BCUT2D eigenvalue weighted by Gasteiger charge is -2.12. The molecular weight excluding hydrogens is 395 g/mol. The van der Waals surface area contributed by atoms with E-state index in [1.54, 1.807) is 0 Å². The van der Waals surface area contributed by atoms with Crippen molar-refractivity contribution >= 4 is 29.1 Å². The number of hydrogen-bond donors (Lipinski definition) is 2. The van der Waals surface area contributed by atoms with Crippen LogP contribution in [-0.2, 0) is 6.18 Å². The maximum Gasteiger partial charge on any atom is 0.421 e. The van der Waals surface area contributed by atoms with E-state index in [0.717, 1.165) is 0 Å². The zero-order valence-corrected chi connectivity index (χ0v) is 14.8. The van der Waals surface area contributed by atoms with Gasteiger partial charge in [-0.05, 0) is 19.3 Å². The minimum absolute atomic E-state index is 0.0463. The van der Waals surface area contributed by atoms with E-state index in [4.69, 9.17) is 11.6 Å². The highest BCUT2D eigenvalue weighted by Gasteiger charge is 2.35. The first-order chi connectivity index (χ1) is 12.7. The van der Waals surface area contributed by atoms with Gasteiger partial charge >= 0.3 is 6.18 Å². The average Bonchev–Trinajstić information content (AvgIpc) is 3.21. The first kappa shape index (κ1) is 19.6. The van der Waals surface area contributed by atoms with Crippen LogP contribution in [0.2, 0.25) is 5.15 Å². The largest absolute Gasteiger partial charge is 0.421 e. The van der Waals surface area contributed by atoms with Gasteiger partial charge in [0.1, 0.15) is 11.4 Å². The summed E-state index contributed by atoms with van der Waals surface area (Å²) in [6.45, 7) is 0. The molecule has 6 nitrogen and oxygen atoms in total. The Morgan fingerprint density at radius 3 is 2.63 bits per heavy atom. The summed E-state index contributed by atoms with van der Waals surface area (Å²) >= 11 is 6.06. The van der Waals surface area contributed by atoms with Crippen LogP contribution in [0.4, 0.5) is 39.4 Å². The first-order valence-electron chi connectivity index (χ1n) is 8.11. The van der Waals surface area contributed by atoms with E-state index in [0.29, 0.717) is 19.0 Å². The number of aromatic nitrogens is 4. The molecule has 2 aromatic heterocycles. The number of nitrogens with one attached hydrogen (secondary N) is 2. The lowest BCUT2D eigenvalue weighted by molar-refractivity contribution is -0.137. The summed E-state index contributed by atoms with van der Waals surface area (Å²) in [5.41, 5.74) is -0.722. The van der Waals surface area contributed by atoms with Gasteiger partial charge in [-0.1, -0.05) is 11.6 Å². The van der Waals surface area contributed by atoms with E-state index in [-0.39, 0.29) is 35.1 Å². The molecular formula is C15H16ClF5N6. The summed E-state index contributed by atoms with van der Waals surface area (Å²) < 4.78 is 65.8. The van der Waals surface area contributed by atoms with E-state index in [2.05, 4.69) is 25.7 Å². The Hall–Kier alpha value is -2.17. The molecule has 0 aromatic carbocycles. The molecule has 0 saturated heterocycles. The van der Waals surface area contributed by atoms with Crippen molar-refractivity contribution in [1.29, 1.82) is 0 Å². The van der Waals surface area contributed by atoms with Crippen molar-refractivity contribution in [3.63, 3.8) is 0 Å². The molecule has 1 saturated carbocycles. The van der Waals surface area contributed by atoms with Crippen molar-refractivity contribution in [2.75, 3.05) is 17.7 Å². The molecule has 0 amide bonds. The number of hydrogen-bond acceptors (Lipinski definition) is 5. The highest BCUT2D eigenvalue weighted by atomic mass is 35.5. The van der Waals surface area contributed by atoms with E-state index in [1.807, 2.05) is 0 Å². The molecule has 3 rings (SSSR count). The van der Waals surface area contributed by atoms with Crippen molar-refractivity contribution in [3.8, 4) is 0 Å². The van der Waals surface area contributed by atoms with Crippen LogP contribution in [0.25, 0.3) is 0 Å². The molecule has 0 spiro atoms. The number of nitrogens with zero attached hydrogens (tertiary/aromatic N) is 4. The first-order valence-corrected chi connectivity index (χ1v) is 8.48. The molecule has 0 bridgehead atoms. The predicted molar refractivity (Wildman–Crippen MR) is 89.5 cm³/mol. The normalized spacial score (nSPS) is 20.3. The fraction of sp³-hybridized carbons (Fsp3) is 0.533. The third-order valence-corrected chi connectivity index (χ3v) is 4.72. The van der Waals surface area contributed by atoms with Crippen LogP contribution in [0.15, 0.2) is 12.4 Å². The fourth-order valence-electron chi connectivity index (χ4n) is 3.06. The maximum absolute atomic E-state index is 12.9. The summed E-state index contributed by atoms with van der Waals surface area (Å²) in [6.07, 6.45) is -3.56. The Balaban J connectivity index is 1.78. The van der Waals surface area contributed by atoms with Gasteiger partial charge in [0.25, 0.3) is 0 Å². The topological polar surface area (TPSA) is 67.7 Å². The molecule has 0 radical (unpaired) electrons. The Labute approximate surface area is 156 Å². The second-order valence-electron chi connectivity index (χ2n) is 6.20. The van der Waals surface area contributed by atoms with Gasteiger partial charge in [0.15, 0.2) is 5.15 Å². The van der Waals surface area contributed by atoms with Gasteiger partial charge in [-0.25, -0.2) is 13.8 Å². The second kappa shape index (κ2) is 7.45. The molecule has 2 atom stereocenters. The Morgan fingerprint density at radius 1 is 1.30 bits per heavy atom. The van der Waals surface area contributed by atoms with Gasteiger partial charge in [0.05, 0.1) is 17.9 Å². The van der Waals surface area contributed by atoms with Crippen molar-refractivity contribution in [3.05, 3.63) is 23.1 Å². The van der Waals surface area contributed by atoms with Crippen LogP contribution in [-0.4, -0.2) is 33.2 Å². The van der Waals surface area contributed by atoms with E-state index >= 15 is 0 Å². The highest BCUT2D eigenvalue weighted by molar-refractivity contribution is 6.32. The minimum Gasteiger partial charge on any atom is -0.372 e. The number of alkyl halides is 5. The van der Waals surface area contributed by atoms with E-state index in [9.17, 15) is 22.0 Å². The molecule has 12 heteroatoms. The quantitative estimate of drug-likeness (QED) is 0.697. The molecule has 2 aromatic rings. The molecule has 148 valence electrons. The number of rotatable bonds is 5. The summed E-state index contributed by atoms with van der Waals surface area (Å²) in [5, 5.41) is 9.23. The lowest BCUT2D eigenvalue weighted by Crippen LogP contribution is -2.12. The van der Waals surface area contributed by atoms with Crippen LogP contribution in [0.1, 0.15) is 30.9 Å². The summed E-state index contributed by atoms with van der Waals surface area (Å²) in [4.78, 5) is 7.44. The van der Waals surface area contributed by atoms with Gasteiger partial charge in [-0.2, -0.15) is 23.3 Å². The predicted octanol–water partition coefficient (Wildman–Crippen LogP) is 4.74. The van der Waals surface area contributed by atoms with Crippen molar-refractivity contribution < 1.29 is 22.0 Å². The molecule has 1 aliphatic rings. The molecule has 1 fully saturated rings. The number of halogens is 6.